The Bertz CT molecular complexity index is 474. The van der Waals surface area contributed by atoms with Crippen LogP contribution >= 0.6 is 0 Å². The average molecular weight is 262 g/mol. The highest BCUT2D eigenvalue weighted by Gasteiger charge is 2.46. The summed E-state index contributed by atoms with van der Waals surface area (Å²) < 4.78 is 2.14. The summed E-state index contributed by atoms with van der Waals surface area (Å²) in [6.07, 6.45) is 4.76. The summed E-state index contributed by atoms with van der Waals surface area (Å²) in [5, 5.41) is 3.36. The molecule has 1 N–H and O–H groups in total. The molecule has 1 atom stereocenters. The first kappa shape index (κ1) is 12.7. The van der Waals surface area contributed by atoms with Crippen LogP contribution in [0.15, 0.2) is 12.4 Å². The summed E-state index contributed by atoms with van der Waals surface area (Å²) in [4.78, 5) is 19.3. The molecule has 1 unspecified atom stereocenters. The molecule has 1 saturated heterocycles. The molecule has 5 nitrogen and oxygen atoms in total. The van der Waals surface area contributed by atoms with Crippen molar-refractivity contribution in [3.63, 3.8) is 0 Å². The molecule has 0 radical (unpaired) electrons. The van der Waals surface area contributed by atoms with Gasteiger partial charge in [-0.2, -0.15) is 0 Å². The highest BCUT2D eigenvalue weighted by molar-refractivity contribution is 5.83. The number of nitrogens with one attached hydrogen (secondary N) is 1. The van der Waals surface area contributed by atoms with E-state index in [1.54, 1.807) is 0 Å². The normalized spacial score (nSPS) is 26.8. The summed E-state index contributed by atoms with van der Waals surface area (Å²) in [6.45, 7) is 8.41. The van der Waals surface area contributed by atoms with Crippen molar-refractivity contribution in [3.05, 3.63) is 18.2 Å². The molecule has 0 spiro atoms. The van der Waals surface area contributed by atoms with Crippen molar-refractivity contribution in [1.82, 2.24) is 19.8 Å². The maximum atomic E-state index is 12.9. The maximum absolute atomic E-state index is 12.9. The van der Waals surface area contributed by atoms with Crippen molar-refractivity contribution in [2.45, 2.75) is 33.4 Å². The number of imidazole rings is 1. The van der Waals surface area contributed by atoms with E-state index in [0.29, 0.717) is 18.4 Å². The Morgan fingerprint density at radius 1 is 1.47 bits per heavy atom. The molecule has 104 valence electrons. The van der Waals surface area contributed by atoms with Gasteiger partial charge < -0.3 is 14.8 Å². The Kier molecular flexibility index (Phi) is 3.09. The molecule has 3 rings (SSSR count). The Morgan fingerprint density at radius 2 is 2.32 bits per heavy atom. The zero-order chi connectivity index (χ0) is 13.5. The number of amides is 1. The number of fused-ring (bicyclic) bond motifs is 1. The van der Waals surface area contributed by atoms with E-state index in [1.807, 2.05) is 17.3 Å². The molecule has 5 heteroatoms. The van der Waals surface area contributed by atoms with Gasteiger partial charge in [-0.05, 0) is 18.9 Å². The van der Waals surface area contributed by atoms with Gasteiger partial charge in [0.2, 0.25) is 5.91 Å². The molecule has 1 aromatic heterocycles. The number of hydrogen-bond acceptors (Lipinski definition) is 3. The highest BCUT2D eigenvalue weighted by Crippen LogP contribution is 2.36. The quantitative estimate of drug-likeness (QED) is 0.860. The van der Waals surface area contributed by atoms with Gasteiger partial charge in [-0.1, -0.05) is 13.8 Å². The summed E-state index contributed by atoms with van der Waals surface area (Å²) in [6, 6.07) is 0. The first-order chi connectivity index (χ1) is 9.13. The van der Waals surface area contributed by atoms with Gasteiger partial charge in [0.1, 0.15) is 5.82 Å². The van der Waals surface area contributed by atoms with E-state index in [4.69, 9.17) is 0 Å². The van der Waals surface area contributed by atoms with Crippen molar-refractivity contribution in [2.75, 3.05) is 19.6 Å². The van der Waals surface area contributed by atoms with E-state index in [0.717, 1.165) is 38.4 Å². The van der Waals surface area contributed by atoms with Gasteiger partial charge in [0.25, 0.3) is 0 Å². The van der Waals surface area contributed by atoms with Crippen LogP contribution in [0.2, 0.25) is 0 Å². The molecule has 2 aliphatic heterocycles. The topological polar surface area (TPSA) is 50.2 Å². The highest BCUT2D eigenvalue weighted by atomic mass is 16.2. The van der Waals surface area contributed by atoms with Gasteiger partial charge in [-0.25, -0.2) is 4.98 Å². The molecule has 0 aromatic carbocycles. The van der Waals surface area contributed by atoms with Gasteiger partial charge >= 0.3 is 0 Å². The molecule has 1 fully saturated rings. The first-order valence-corrected chi connectivity index (χ1v) is 7.13. The van der Waals surface area contributed by atoms with Gasteiger partial charge in [0.05, 0.1) is 12.0 Å². The van der Waals surface area contributed by atoms with E-state index in [2.05, 4.69) is 28.7 Å². The van der Waals surface area contributed by atoms with Crippen LogP contribution in [0.3, 0.4) is 0 Å². The minimum atomic E-state index is -0.214. The van der Waals surface area contributed by atoms with Crippen LogP contribution in [-0.4, -0.2) is 40.0 Å². The third-order valence-corrected chi connectivity index (χ3v) is 4.75. The second-order valence-electron chi connectivity index (χ2n) is 6.00. The van der Waals surface area contributed by atoms with Crippen molar-refractivity contribution in [3.8, 4) is 0 Å². The van der Waals surface area contributed by atoms with Crippen LogP contribution in [0.1, 0.15) is 26.1 Å². The predicted molar refractivity (Wildman–Crippen MR) is 72.4 cm³/mol. The summed E-state index contributed by atoms with van der Waals surface area (Å²) in [5.74, 6) is 1.68. The standard InChI is InChI=1S/C14H22N4O/c1-11(2)14(3-4-15-10-14)13(19)18-8-7-17-6-5-16-12(17)9-18/h5-6,11,15H,3-4,7-10H2,1-2H3. The Hall–Kier alpha value is -1.36. The fraction of sp³-hybridized carbons (Fsp3) is 0.714. The fourth-order valence-electron chi connectivity index (χ4n) is 3.30. The second-order valence-corrected chi connectivity index (χ2v) is 6.00. The van der Waals surface area contributed by atoms with E-state index in [9.17, 15) is 4.79 Å². The lowest BCUT2D eigenvalue weighted by Gasteiger charge is -2.38. The van der Waals surface area contributed by atoms with Crippen LogP contribution in [-0.2, 0) is 17.9 Å². The molecule has 1 amide bonds. The number of carbonyl (C=O) groups excluding carboxylic acids is 1. The molecular formula is C14H22N4O. The van der Waals surface area contributed by atoms with Crippen LogP contribution in [0.25, 0.3) is 0 Å². The molecule has 0 aliphatic carbocycles. The summed E-state index contributed by atoms with van der Waals surface area (Å²) in [5.41, 5.74) is -0.214. The lowest BCUT2D eigenvalue weighted by molar-refractivity contribution is -0.145. The Balaban J connectivity index is 1.81. The van der Waals surface area contributed by atoms with Crippen molar-refractivity contribution in [1.29, 1.82) is 0 Å². The molecule has 0 bridgehead atoms. The van der Waals surface area contributed by atoms with Gasteiger partial charge in [0, 0.05) is 32.0 Å². The van der Waals surface area contributed by atoms with Gasteiger partial charge in [-0.3, -0.25) is 4.79 Å². The van der Waals surface area contributed by atoms with E-state index in [1.165, 1.54) is 0 Å². The number of nitrogens with zero attached hydrogens (tertiary/aromatic N) is 3. The Labute approximate surface area is 114 Å². The van der Waals surface area contributed by atoms with Crippen LogP contribution in [0.4, 0.5) is 0 Å². The molecule has 19 heavy (non-hydrogen) atoms. The molecule has 2 aliphatic rings. The lowest BCUT2D eigenvalue weighted by atomic mass is 9.75. The van der Waals surface area contributed by atoms with Gasteiger partial charge in [-0.15, -0.1) is 0 Å². The number of aromatic nitrogens is 2. The van der Waals surface area contributed by atoms with Gasteiger partial charge in [0.15, 0.2) is 0 Å². The van der Waals surface area contributed by atoms with Crippen LogP contribution in [0, 0.1) is 11.3 Å². The Morgan fingerprint density at radius 3 is 3.00 bits per heavy atom. The van der Waals surface area contributed by atoms with Crippen molar-refractivity contribution < 1.29 is 4.79 Å². The zero-order valence-corrected chi connectivity index (χ0v) is 11.7. The fourth-order valence-corrected chi connectivity index (χ4v) is 3.30. The first-order valence-electron chi connectivity index (χ1n) is 7.13. The van der Waals surface area contributed by atoms with Crippen LogP contribution in [0.5, 0.6) is 0 Å². The maximum Gasteiger partial charge on any atom is 0.230 e. The number of carbonyl (C=O) groups is 1. The monoisotopic (exact) mass is 262 g/mol. The van der Waals surface area contributed by atoms with E-state index < -0.39 is 0 Å². The van der Waals surface area contributed by atoms with E-state index >= 15 is 0 Å². The molecule has 1 aromatic rings. The minimum Gasteiger partial charge on any atom is -0.333 e. The zero-order valence-electron chi connectivity index (χ0n) is 11.7. The van der Waals surface area contributed by atoms with Crippen molar-refractivity contribution >= 4 is 5.91 Å². The largest absolute Gasteiger partial charge is 0.333 e. The minimum absolute atomic E-state index is 0.214. The molecular weight excluding hydrogens is 240 g/mol. The second kappa shape index (κ2) is 4.63. The summed E-state index contributed by atoms with van der Waals surface area (Å²) in [7, 11) is 0. The summed E-state index contributed by atoms with van der Waals surface area (Å²) >= 11 is 0. The third kappa shape index (κ3) is 1.96. The van der Waals surface area contributed by atoms with E-state index in [-0.39, 0.29) is 5.41 Å². The van der Waals surface area contributed by atoms with Crippen molar-refractivity contribution in [2.24, 2.45) is 11.3 Å². The lowest BCUT2D eigenvalue weighted by Crippen LogP contribution is -2.50. The average Bonchev–Trinajstić information content (AvgIpc) is 3.06. The smallest absolute Gasteiger partial charge is 0.230 e. The predicted octanol–water partition coefficient (Wildman–Crippen LogP) is 0.861. The SMILES string of the molecule is CC(C)C1(C(=O)N2CCn3ccnc3C2)CCNC1. The number of rotatable bonds is 2. The molecule has 3 heterocycles. The number of hydrogen-bond donors (Lipinski definition) is 1. The third-order valence-electron chi connectivity index (χ3n) is 4.75. The molecule has 0 saturated carbocycles. The van der Waals surface area contributed by atoms with Crippen LogP contribution < -0.4 is 5.32 Å².